The van der Waals surface area contributed by atoms with Crippen LogP contribution in [0.25, 0.3) is 54.9 Å². The molecule has 1 spiro atoms. The van der Waals surface area contributed by atoms with Gasteiger partial charge >= 0.3 is 0 Å². The molecule has 0 aromatic heterocycles. The third-order valence-electron chi connectivity index (χ3n) is 11.5. The highest BCUT2D eigenvalue weighted by Gasteiger charge is 2.53. The molecule has 2 aliphatic carbocycles. The standard InChI is InChI=1S/C51H32ClN/c52-38-17-12-16-35(29-38)37-31-47-50(48(32-37)53(39-18-2-1-3-19-39)40-27-25-33-13-4-5-15-36(33)30-40)43-22-9-11-24-45(43)51(47)44-23-10-8-21-42(44)49-41-20-7-6-14-34(41)26-28-46(49)51/h1-32H. The highest BCUT2D eigenvalue weighted by Crippen LogP contribution is 2.66. The number of fused-ring (bicyclic) bond motifs is 13. The first-order valence-electron chi connectivity index (χ1n) is 18.2. The normalized spacial score (nSPS) is 15.0. The maximum atomic E-state index is 6.73. The van der Waals surface area contributed by atoms with Crippen molar-refractivity contribution in [2.45, 2.75) is 5.41 Å². The molecule has 0 saturated carbocycles. The van der Waals surface area contributed by atoms with Crippen LogP contribution in [0.15, 0.2) is 194 Å². The Morgan fingerprint density at radius 1 is 0.377 bits per heavy atom. The summed E-state index contributed by atoms with van der Waals surface area (Å²) in [7, 11) is 0. The summed E-state index contributed by atoms with van der Waals surface area (Å²) in [6.45, 7) is 0. The molecule has 0 aliphatic heterocycles. The van der Waals surface area contributed by atoms with Crippen molar-refractivity contribution in [3.8, 4) is 33.4 Å². The van der Waals surface area contributed by atoms with Crippen molar-refractivity contribution in [1.82, 2.24) is 0 Å². The van der Waals surface area contributed by atoms with E-state index in [1.165, 1.54) is 66.1 Å². The van der Waals surface area contributed by atoms with Crippen LogP contribution in [-0.4, -0.2) is 0 Å². The first-order chi connectivity index (χ1) is 26.2. The number of nitrogens with zero attached hydrogens (tertiary/aromatic N) is 1. The number of hydrogen-bond donors (Lipinski definition) is 0. The van der Waals surface area contributed by atoms with E-state index in [9.17, 15) is 0 Å². The molecule has 248 valence electrons. The summed E-state index contributed by atoms with van der Waals surface area (Å²) in [5.74, 6) is 0. The molecule has 1 atom stereocenters. The fourth-order valence-corrected chi connectivity index (χ4v) is 9.53. The topological polar surface area (TPSA) is 3.24 Å². The zero-order valence-corrected chi connectivity index (χ0v) is 29.6. The SMILES string of the molecule is Clc1cccc(-c2cc(N(c3ccccc3)c3ccc4ccccc4c3)c3c(c2)C2(c4ccccc4-3)c3ccccc3-c3c2ccc2ccccc32)c1. The molecular weight excluding hydrogens is 662 g/mol. The van der Waals surface area contributed by atoms with Crippen LogP contribution in [0.2, 0.25) is 5.02 Å². The van der Waals surface area contributed by atoms with Gasteiger partial charge in [-0.15, -0.1) is 0 Å². The first kappa shape index (κ1) is 30.2. The van der Waals surface area contributed by atoms with Gasteiger partial charge in [0.1, 0.15) is 0 Å². The van der Waals surface area contributed by atoms with Crippen LogP contribution in [0.1, 0.15) is 22.3 Å². The summed E-state index contributed by atoms with van der Waals surface area (Å²) in [5, 5.41) is 5.69. The van der Waals surface area contributed by atoms with Crippen LogP contribution in [0.5, 0.6) is 0 Å². The minimum atomic E-state index is -0.531. The van der Waals surface area contributed by atoms with E-state index in [0.29, 0.717) is 0 Å². The average Bonchev–Trinajstić information content (AvgIpc) is 3.69. The lowest BCUT2D eigenvalue weighted by Crippen LogP contribution is -2.26. The van der Waals surface area contributed by atoms with Gasteiger partial charge in [0.15, 0.2) is 0 Å². The summed E-state index contributed by atoms with van der Waals surface area (Å²) in [5.41, 5.74) is 15.4. The Morgan fingerprint density at radius 2 is 1.04 bits per heavy atom. The third kappa shape index (κ3) is 4.32. The Labute approximate surface area is 314 Å². The summed E-state index contributed by atoms with van der Waals surface area (Å²) >= 11 is 6.73. The Balaban J connectivity index is 1.31. The molecule has 9 aromatic carbocycles. The fourth-order valence-electron chi connectivity index (χ4n) is 9.34. The van der Waals surface area contributed by atoms with E-state index in [1.807, 2.05) is 6.07 Å². The van der Waals surface area contributed by atoms with Crippen molar-refractivity contribution in [2.24, 2.45) is 0 Å². The van der Waals surface area contributed by atoms with Gasteiger partial charge in [-0.2, -0.15) is 0 Å². The fraction of sp³-hybridized carbons (Fsp3) is 0.0196. The molecule has 11 rings (SSSR count). The van der Waals surface area contributed by atoms with Gasteiger partial charge in [-0.1, -0.05) is 157 Å². The van der Waals surface area contributed by atoms with Crippen LogP contribution >= 0.6 is 11.6 Å². The molecule has 53 heavy (non-hydrogen) atoms. The van der Waals surface area contributed by atoms with Gasteiger partial charge in [-0.05, 0) is 120 Å². The Bertz CT molecular complexity index is 2930. The zero-order valence-electron chi connectivity index (χ0n) is 28.8. The predicted octanol–water partition coefficient (Wildman–Crippen LogP) is 14.1. The predicted molar refractivity (Wildman–Crippen MR) is 223 cm³/mol. The minimum Gasteiger partial charge on any atom is -0.310 e. The number of anilines is 3. The lowest BCUT2D eigenvalue weighted by atomic mass is 9.70. The molecule has 2 heteroatoms. The Kier molecular flexibility index (Phi) is 6.59. The number of para-hydroxylation sites is 1. The van der Waals surface area contributed by atoms with E-state index in [0.717, 1.165) is 33.2 Å². The molecular formula is C51H32ClN. The van der Waals surface area contributed by atoms with Gasteiger partial charge in [-0.25, -0.2) is 0 Å². The Hall–Kier alpha value is -6.41. The summed E-state index contributed by atoms with van der Waals surface area (Å²) in [4.78, 5) is 2.46. The van der Waals surface area contributed by atoms with Gasteiger partial charge in [0.05, 0.1) is 11.1 Å². The van der Waals surface area contributed by atoms with E-state index in [1.54, 1.807) is 0 Å². The minimum absolute atomic E-state index is 0.531. The lowest BCUT2D eigenvalue weighted by Gasteiger charge is -2.33. The molecule has 0 bridgehead atoms. The number of halogens is 1. The number of hydrogen-bond acceptors (Lipinski definition) is 1. The van der Waals surface area contributed by atoms with Crippen LogP contribution in [-0.2, 0) is 5.41 Å². The largest absolute Gasteiger partial charge is 0.310 e. The second-order valence-corrected chi connectivity index (χ2v) is 14.6. The molecule has 9 aromatic rings. The molecule has 2 aliphatic rings. The highest BCUT2D eigenvalue weighted by molar-refractivity contribution is 6.30. The quantitative estimate of drug-likeness (QED) is 0.177. The van der Waals surface area contributed by atoms with Crippen molar-refractivity contribution in [2.75, 3.05) is 4.90 Å². The maximum absolute atomic E-state index is 6.73. The van der Waals surface area contributed by atoms with Crippen LogP contribution in [0.3, 0.4) is 0 Å². The first-order valence-corrected chi connectivity index (χ1v) is 18.6. The maximum Gasteiger partial charge on any atom is 0.0726 e. The smallest absolute Gasteiger partial charge is 0.0726 e. The van der Waals surface area contributed by atoms with Gasteiger partial charge in [-0.3, -0.25) is 0 Å². The molecule has 0 heterocycles. The molecule has 0 saturated heterocycles. The van der Waals surface area contributed by atoms with Crippen LogP contribution in [0, 0.1) is 0 Å². The van der Waals surface area contributed by atoms with Crippen LogP contribution in [0.4, 0.5) is 17.1 Å². The zero-order chi connectivity index (χ0) is 35.1. The van der Waals surface area contributed by atoms with Crippen molar-refractivity contribution in [1.29, 1.82) is 0 Å². The third-order valence-corrected chi connectivity index (χ3v) is 11.7. The van der Waals surface area contributed by atoms with Gasteiger partial charge in [0.25, 0.3) is 0 Å². The molecule has 0 N–H and O–H groups in total. The second-order valence-electron chi connectivity index (χ2n) is 14.2. The summed E-state index contributed by atoms with van der Waals surface area (Å²) < 4.78 is 0. The lowest BCUT2D eigenvalue weighted by molar-refractivity contribution is 0.794. The molecule has 0 radical (unpaired) electrons. The van der Waals surface area contributed by atoms with Gasteiger partial charge < -0.3 is 4.90 Å². The average molecular weight is 694 g/mol. The van der Waals surface area contributed by atoms with Gasteiger partial charge in [0.2, 0.25) is 0 Å². The highest BCUT2D eigenvalue weighted by atomic mass is 35.5. The summed E-state index contributed by atoms with van der Waals surface area (Å²) in [6, 6.07) is 71.1. The number of rotatable bonds is 4. The Morgan fingerprint density at radius 3 is 1.83 bits per heavy atom. The monoisotopic (exact) mass is 693 g/mol. The van der Waals surface area contributed by atoms with Crippen molar-refractivity contribution in [3.05, 3.63) is 221 Å². The van der Waals surface area contributed by atoms with Crippen molar-refractivity contribution < 1.29 is 0 Å². The summed E-state index contributed by atoms with van der Waals surface area (Å²) in [6.07, 6.45) is 0. The van der Waals surface area contributed by atoms with Crippen LogP contribution < -0.4 is 4.90 Å². The van der Waals surface area contributed by atoms with E-state index < -0.39 is 5.41 Å². The molecule has 1 unspecified atom stereocenters. The number of benzene rings is 9. The molecule has 0 amide bonds. The van der Waals surface area contributed by atoms with Gasteiger partial charge in [0, 0.05) is 22.0 Å². The molecule has 1 nitrogen and oxygen atoms in total. The van der Waals surface area contributed by atoms with E-state index in [2.05, 4.69) is 193 Å². The second kappa shape index (κ2) is 11.5. The van der Waals surface area contributed by atoms with E-state index >= 15 is 0 Å². The van der Waals surface area contributed by atoms with Crippen molar-refractivity contribution in [3.63, 3.8) is 0 Å². The van der Waals surface area contributed by atoms with E-state index in [4.69, 9.17) is 11.6 Å². The van der Waals surface area contributed by atoms with Crippen molar-refractivity contribution >= 4 is 50.2 Å². The van der Waals surface area contributed by atoms with E-state index in [-0.39, 0.29) is 0 Å². The molecule has 0 fully saturated rings.